The number of rotatable bonds is 6. The summed E-state index contributed by atoms with van der Waals surface area (Å²) in [5.74, 6) is 0.790. The number of carbonyl (C=O) groups is 1. The molecule has 0 saturated heterocycles. The lowest BCUT2D eigenvalue weighted by Crippen LogP contribution is -2.39. The Morgan fingerprint density at radius 2 is 1.93 bits per heavy atom. The number of hydrogen-bond acceptors (Lipinski definition) is 2. The molecule has 0 aromatic heterocycles. The average molecular weight is 200 g/mol. The number of nitrogens with two attached hydrogens (primary N) is 1. The first-order chi connectivity index (χ1) is 6.56. The van der Waals surface area contributed by atoms with Gasteiger partial charge in [-0.1, -0.05) is 20.8 Å². The van der Waals surface area contributed by atoms with Gasteiger partial charge in [0.25, 0.3) is 0 Å². The molecule has 0 radical (unpaired) electrons. The zero-order valence-corrected chi connectivity index (χ0v) is 9.92. The molecule has 2 unspecified atom stereocenters. The minimum absolute atomic E-state index is 0.139. The summed E-state index contributed by atoms with van der Waals surface area (Å²) in [5.41, 5.74) is 5.55. The third kappa shape index (κ3) is 4.09. The maximum absolute atomic E-state index is 11.8. The molecular formula is C11H24N2O. The van der Waals surface area contributed by atoms with Gasteiger partial charge in [-0.25, -0.2) is 0 Å². The maximum Gasteiger partial charge on any atom is 0.225 e. The molecule has 0 aromatic carbocycles. The van der Waals surface area contributed by atoms with E-state index >= 15 is 0 Å². The van der Waals surface area contributed by atoms with Crippen molar-refractivity contribution in [1.29, 1.82) is 0 Å². The van der Waals surface area contributed by atoms with Gasteiger partial charge in [0.15, 0.2) is 0 Å². The number of hydrogen-bond donors (Lipinski definition) is 1. The molecule has 1 amide bonds. The Balaban J connectivity index is 4.18. The standard InChI is InChI=1S/C11H24N2O/c1-5-10(4)11(14)13(6-2)8-9(3)7-12/h9-10H,5-8,12H2,1-4H3. The first-order valence-corrected chi connectivity index (χ1v) is 5.55. The molecule has 84 valence electrons. The zero-order chi connectivity index (χ0) is 11.1. The van der Waals surface area contributed by atoms with Gasteiger partial charge in [0.05, 0.1) is 0 Å². The largest absolute Gasteiger partial charge is 0.342 e. The van der Waals surface area contributed by atoms with Crippen molar-refractivity contribution in [3.05, 3.63) is 0 Å². The fourth-order valence-electron chi connectivity index (χ4n) is 1.31. The van der Waals surface area contributed by atoms with Gasteiger partial charge in [0.2, 0.25) is 5.91 Å². The molecule has 0 aromatic rings. The van der Waals surface area contributed by atoms with E-state index in [-0.39, 0.29) is 11.8 Å². The predicted octanol–water partition coefficient (Wildman–Crippen LogP) is 1.48. The topological polar surface area (TPSA) is 46.3 Å². The van der Waals surface area contributed by atoms with E-state index in [1.807, 2.05) is 25.7 Å². The fourth-order valence-corrected chi connectivity index (χ4v) is 1.31. The molecule has 14 heavy (non-hydrogen) atoms. The lowest BCUT2D eigenvalue weighted by molar-refractivity contribution is -0.135. The summed E-state index contributed by atoms with van der Waals surface area (Å²) in [7, 11) is 0. The van der Waals surface area contributed by atoms with Crippen LogP contribution in [0.2, 0.25) is 0 Å². The molecule has 0 rings (SSSR count). The molecule has 0 fully saturated rings. The van der Waals surface area contributed by atoms with Gasteiger partial charge in [0.1, 0.15) is 0 Å². The predicted molar refractivity (Wildman–Crippen MR) is 59.9 cm³/mol. The van der Waals surface area contributed by atoms with Crippen LogP contribution in [-0.2, 0) is 4.79 Å². The summed E-state index contributed by atoms with van der Waals surface area (Å²) >= 11 is 0. The van der Waals surface area contributed by atoms with E-state index in [1.165, 1.54) is 0 Å². The van der Waals surface area contributed by atoms with E-state index in [2.05, 4.69) is 6.92 Å². The van der Waals surface area contributed by atoms with E-state index in [1.54, 1.807) is 0 Å². The lowest BCUT2D eigenvalue weighted by Gasteiger charge is -2.26. The van der Waals surface area contributed by atoms with Crippen LogP contribution in [0.3, 0.4) is 0 Å². The highest BCUT2D eigenvalue weighted by molar-refractivity contribution is 5.78. The molecule has 0 aliphatic heterocycles. The zero-order valence-electron chi connectivity index (χ0n) is 9.92. The highest BCUT2D eigenvalue weighted by Crippen LogP contribution is 2.08. The Morgan fingerprint density at radius 3 is 2.29 bits per heavy atom. The second-order valence-electron chi connectivity index (χ2n) is 4.03. The Hall–Kier alpha value is -0.570. The smallest absolute Gasteiger partial charge is 0.225 e. The molecule has 0 aliphatic rings. The molecule has 3 nitrogen and oxygen atoms in total. The maximum atomic E-state index is 11.8. The van der Waals surface area contributed by atoms with Crippen molar-refractivity contribution in [3.63, 3.8) is 0 Å². The molecular weight excluding hydrogens is 176 g/mol. The van der Waals surface area contributed by atoms with E-state index in [0.29, 0.717) is 12.5 Å². The molecule has 0 heterocycles. The van der Waals surface area contributed by atoms with E-state index < -0.39 is 0 Å². The minimum atomic E-state index is 0.139. The Labute approximate surface area is 87.6 Å². The number of amides is 1. The monoisotopic (exact) mass is 200 g/mol. The van der Waals surface area contributed by atoms with E-state index in [0.717, 1.165) is 19.5 Å². The van der Waals surface area contributed by atoms with Crippen molar-refractivity contribution in [1.82, 2.24) is 4.90 Å². The summed E-state index contributed by atoms with van der Waals surface area (Å²) in [4.78, 5) is 13.8. The molecule has 0 spiro atoms. The van der Waals surface area contributed by atoms with Crippen LogP contribution >= 0.6 is 0 Å². The summed E-state index contributed by atoms with van der Waals surface area (Å²) in [5, 5.41) is 0. The van der Waals surface area contributed by atoms with Crippen molar-refractivity contribution in [2.24, 2.45) is 17.6 Å². The quantitative estimate of drug-likeness (QED) is 0.706. The summed E-state index contributed by atoms with van der Waals surface area (Å²) in [6.07, 6.45) is 0.909. The number of nitrogens with zero attached hydrogens (tertiary/aromatic N) is 1. The summed E-state index contributed by atoms with van der Waals surface area (Å²) < 4.78 is 0. The van der Waals surface area contributed by atoms with Gasteiger partial charge in [0, 0.05) is 19.0 Å². The van der Waals surface area contributed by atoms with Gasteiger partial charge in [-0.15, -0.1) is 0 Å². The van der Waals surface area contributed by atoms with Crippen molar-refractivity contribution in [2.45, 2.75) is 34.1 Å². The molecule has 2 N–H and O–H groups in total. The third-order valence-corrected chi connectivity index (χ3v) is 2.66. The Bertz CT molecular complexity index is 171. The minimum Gasteiger partial charge on any atom is -0.342 e. The molecule has 0 bridgehead atoms. The SMILES string of the molecule is CCC(C)C(=O)N(CC)CC(C)CN. The Morgan fingerprint density at radius 1 is 1.36 bits per heavy atom. The third-order valence-electron chi connectivity index (χ3n) is 2.66. The van der Waals surface area contributed by atoms with Crippen molar-refractivity contribution in [2.75, 3.05) is 19.6 Å². The van der Waals surface area contributed by atoms with Crippen LogP contribution in [0.25, 0.3) is 0 Å². The van der Waals surface area contributed by atoms with Crippen LogP contribution < -0.4 is 5.73 Å². The molecule has 0 saturated carbocycles. The first-order valence-electron chi connectivity index (χ1n) is 5.55. The fraction of sp³-hybridized carbons (Fsp3) is 0.909. The van der Waals surface area contributed by atoms with E-state index in [9.17, 15) is 4.79 Å². The average Bonchev–Trinajstić information content (AvgIpc) is 2.23. The van der Waals surface area contributed by atoms with Crippen LogP contribution in [0.15, 0.2) is 0 Å². The van der Waals surface area contributed by atoms with Crippen molar-refractivity contribution < 1.29 is 4.79 Å². The first kappa shape index (κ1) is 13.4. The van der Waals surface area contributed by atoms with Gasteiger partial charge in [-0.3, -0.25) is 4.79 Å². The summed E-state index contributed by atoms with van der Waals surface area (Å²) in [6, 6.07) is 0. The van der Waals surface area contributed by atoms with Gasteiger partial charge in [-0.05, 0) is 25.8 Å². The van der Waals surface area contributed by atoms with Crippen LogP contribution in [0, 0.1) is 11.8 Å². The van der Waals surface area contributed by atoms with Gasteiger partial charge in [-0.2, -0.15) is 0 Å². The van der Waals surface area contributed by atoms with Crippen LogP contribution in [0.5, 0.6) is 0 Å². The van der Waals surface area contributed by atoms with Crippen LogP contribution in [0.4, 0.5) is 0 Å². The van der Waals surface area contributed by atoms with Crippen molar-refractivity contribution >= 4 is 5.91 Å². The van der Waals surface area contributed by atoms with Gasteiger partial charge >= 0.3 is 0 Å². The Kier molecular flexibility index (Phi) is 6.54. The van der Waals surface area contributed by atoms with Crippen LogP contribution in [0.1, 0.15) is 34.1 Å². The van der Waals surface area contributed by atoms with E-state index in [4.69, 9.17) is 5.73 Å². The molecule has 2 atom stereocenters. The number of carbonyl (C=O) groups excluding carboxylic acids is 1. The second-order valence-corrected chi connectivity index (χ2v) is 4.03. The van der Waals surface area contributed by atoms with Gasteiger partial charge < -0.3 is 10.6 Å². The lowest BCUT2D eigenvalue weighted by atomic mass is 10.1. The normalized spacial score (nSPS) is 14.9. The van der Waals surface area contributed by atoms with Crippen LogP contribution in [-0.4, -0.2) is 30.4 Å². The molecule has 3 heteroatoms. The highest BCUT2D eigenvalue weighted by atomic mass is 16.2. The highest BCUT2D eigenvalue weighted by Gasteiger charge is 2.18. The molecule has 0 aliphatic carbocycles. The van der Waals surface area contributed by atoms with Crippen molar-refractivity contribution in [3.8, 4) is 0 Å². The summed E-state index contributed by atoms with van der Waals surface area (Å²) in [6.45, 7) is 10.3. The second kappa shape index (κ2) is 6.82.